The predicted octanol–water partition coefficient (Wildman–Crippen LogP) is 2.37. The fraction of sp³-hybridized carbons (Fsp3) is 0.333. The van der Waals surface area contributed by atoms with Gasteiger partial charge in [-0.2, -0.15) is 4.31 Å². The van der Waals surface area contributed by atoms with E-state index < -0.39 is 16.1 Å². The predicted molar refractivity (Wildman–Crippen MR) is 95.5 cm³/mol. The van der Waals surface area contributed by atoms with Crippen molar-refractivity contribution in [2.75, 3.05) is 27.8 Å². The van der Waals surface area contributed by atoms with E-state index in [4.69, 9.17) is 9.47 Å². The molecule has 7 heteroatoms. The number of hydrogen-bond acceptors (Lipinski definition) is 5. The number of benzene rings is 2. The molecule has 0 amide bonds. The van der Waals surface area contributed by atoms with Crippen molar-refractivity contribution in [2.45, 2.75) is 17.9 Å². The molecule has 2 rings (SSSR count). The van der Waals surface area contributed by atoms with E-state index in [0.29, 0.717) is 17.1 Å². The van der Waals surface area contributed by atoms with Crippen molar-refractivity contribution in [2.24, 2.45) is 0 Å². The highest BCUT2D eigenvalue weighted by Crippen LogP contribution is 2.25. The summed E-state index contributed by atoms with van der Waals surface area (Å²) in [6.45, 7) is 1.71. The Kier molecular flexibility index (Phi) is 6.05. The first-order valence-electron chi connectivity index (χ1n) is 7.72. The zero-order valence-electron chi connectivity index (χ0n) is 14.8. The van der Waals surface area contributed by atoms with Crippen LogP contribution in [0.4, 0.5) is 0 Å². The number of aliphatic hydroxyl groups is 1. The number of aryl methyl sites for hydroxylation is 1. The van der Waals surface area contributed by atoms with Crippen molar-refractivity contribution in [1.29, 1.82) is 0 Å². The maximum Gasteiger partial charge on any atom is 0.242 e. The molecule has 0 saturated carbocycles. The van der Waals surface area contributed by atoms with Gasteiger partial charge in [0.05, 0.1) is 25.2 Å². The number of aliphatic hydroxyl groups excluding tert-OH is 1. The molecule has 1 N–H and O–H groups in total. The second-order valence-electron chi connectivity index (χ2n) is 5.71. The standard InChI is InChI=1S/C18H23NO5S/c1-13-10-16(8-9-18(13)24-4)25(21,22)19(2)12-17(20)14-6-5-7-15(11-14)23-3/h5-11,17,20H,12H2,1-4H3. The fourth-order valence-corrected chi connectivity index (χ4v) is 3.75. The number of rotatable bonds is 7. The maximum absolute atomic E-state index is 12.7. The number of methoxy groups -OCH3 is 2. The second kappa shape index (κ2) is 7.86. The van der Waals surface area contributed by atoms with Crippen molar-refractivity contribution in [3.8, 4) is 11.5 Å². The van der Waals surface area contributed by atoms with Crippen LogP contribution in [0.2, 0.25) is 0 Å². The van der Waals surface area contributed by atoms with Crippen LogP contribution in [-0.4, -0.2) is 45.6 Å². The molecule has 0 radical (unpaired) electrons. The molecule has 0 aromatic heterocycles. The van der Waals surface area contributed by atoms with Crippen molar-refractivity contribution < 1.29 is 23.0 Å². The number of sulfonamides is 1. The number of nitrogens with zero attached hydrogens (tertiary/aromatic N) is 1. The van der Waals surface area contributed by atoms with Crippen LogP contribution in [0.5, 0.6) is 11.5 Å². The Morgan fingerprint density at radius 2 is 1.84 bits per heavy atom. The molecule has 136 valence electrons. The van der Waals surface area contributed by atoms with Gasteiger partial charge in [0, 0.05) is 13.6 Å². The molecular weight excluding hydrogens is 342 g/mol. The van der Waals surface area contributed by atoms with Gasteiger partial charge in [0.1, 0.15) is 11.5 Å². The van der Waals surface area contributed by atoms with Gasteiger partial charge in [0.15, 0.2) is 0 Å². The lowest BCUT2D eigenvalue weighted by molar-refractivity contribution is 0.154. The van der Waals surface area contributed by atoms with Gasteiger partial charge in [-0.15, -0.1) is 0 Å². The van der Waals surface area contributed by atoms with Crippen molar-refractivity contribution >= 4 is 10.0 Å². The molecule has 0 bridgehead atoms. The summed E-state index contributed by atoms with van der Waals surface area (Å²) in [5.74, 6) is 1.23. The van der Waals surface area contributed by atoms with Crippen LogP contribution in [0.3, 0.4) is 0 Å². The summed E-state index contributed by atoms with van der Waals surface area (Å²) in [5, 5.41) is 10.4. The number of likely N-dealkylation sites (N-methyl/N-ethyl adjacent to an activating group) is 1. The van der Waals surface area contributed by atoms with E-state index in [1.807, 2.05) is 0 Å². The molecule has 0 spiro atoms. The van der Waals surface area contributed by atoms with Crippen molar-refractivity contribution in [3.05, 3.63) is 53.6 Å². The van der Waals surface area contributed by atoms with E-state index in [9.17, 15) is 13.5 Å². The Morgan fingerprint density at radius 3 is 2.44 bits per heavy atom. The smallest absolute Gasteiger partial charge is 0.242 e. The van der Waals surface area contributed by atoms with Gasteiger partial charge in [-0.05, 0) is 48.4 Å². The first-order valence-corrected chi connectivity index (χ1v) is 9.16. The molecule has 2 aromatic rings. The van der Waals surface area contributed by atoms with Gasteiger partial charge in [-0.25, -0.2) is 8.42 Å². The highest BCUT2D eigenvalue weighted by Gasteiger charge is 2.24. The topological polar surface area (TPSA) is 76.1 Å². The molecule has 1 unspecified atom stereocenters. The van der Waals surface area contributed by atoms with E-state index >= 15 is 0 Å². The fourth-order valence-electron chi connectivity index (χ4n) is 2.49. The van der Waals surface area contributed by atoms with E-state index in [-0.39, 0.29) is 11.4 Å². The Labute approximate surface area is 148 Å². The molecule has 1 atom stereocenters. The Bertz CT molecular complexity index is 835. The molecule has 0 aliphatic heterocycles. The van der Waals surface area contributed by atoms with E-state index in [1.54, 1.807) is 43.3 Å². The van der Waals surface area contributed by atoms with E-state index in [0.717, 1.165) is 9.87 Å². The maximum atomic E-state index is 12.7. The molecule has 0 fully saturated rings. The van der Waals surface area contributed by atoms with Gasteiger partial charge >= 0.3 is 0 Å². The zero-order valence-corrected chi connectivity index (χ0v) is 15.6. The van der Waals surface area contributed by atoms with E-state index in [1.165, 1.54) is 27.3 Å². The lowest BCUT2D eigenvalue weighted by Crippen LogP contribution is -2.31. The molecule has 0 aliphatic carbocycles. The highest BCUT2D eigenvalue weighted by molar-refractivity contribution is 7.89. The largest absolute Gasteiger partial charge is 0.497 e. The minimum atomic E-state index is -3.72. The van der Waals surface area contributed by atoms with Crippen LogP contribution in [0, 0.1) is 6.92 Å². The van der Waals surface area contributed by atoms with Crippen LogP contribution in [0.15, 0.2) is 47.4 Å². The summed E-state index contributed by atoms with van der Waals surface area (Å²) < 4.78 is 36.9. The minimum absolute atomic E-state index is 0.0689. The van der Waals surface area contributed by atoms with Crippen LogP contribution >= 0.6 is 0 Å². The summed E-state index contributed by atoms with van der Waals surface area (Å²) in [6.07, 6.45) is -0.964. The highest BCUT2D eigenvalue weighted by atomic mass is 32.2. The summed E-state index contributed by atoms with van der Waals surface area (Å²) in [5.41, 5.74) is 1.32. The number of hydrogen-bond donors (Lipinski definition) is 1. The van der Waals surface area contributed by atoms with Crippen LogP contribution in [0.1, 0.15) is 17.2 Å². The number of ether oxygens (including phenoxy) is 2. The molecule has 0 aliphatic rings. The third-order valence-electron chi connectivity index (χ3n) is 3.98. The van der Waals surface area contributed by atoms with Crippen molar-refractivity contribution in [1.82, 2.24) is 4.31 Å². The first-order chi connectivity index (χ1) is 11.8. The Hall–Kier alpha value is -2.09. The molecule has 6 nitrogen and oxygen atoms in total. The van der Waals surface area contributed by atoms with Gasteiger partial charge in [-0.1, -0.05) is 12.1 Å². The second-order valence-corrected chi connectivity index (χ2v) is 7.75. The van der Waals surface area contributed by atoms with Crippen molar-refractivity contribution in [3.63, 3.8) is 0 Å². The average Bonchev–Trinajstić information content (AvgIpc) is 2.61. The van der Waals surface area contributed by atoms with E-state index in [2.05, 4.69) is 0 Å². The Morgan fingerprint density at radius 1 is 1.12 bits per heavy atom. The third kappa shape index (κ3) is 4.31. The van der Waals surface area contributed by atoms with Gasteiger partial charge in [-0.3, -0.25) is 0 Å². The lowest BCUT2D eigenvalue weighted by atomic mass is 10.1. The summed E-state index contributed by atoms with van der Waals surface area (Å²) in [4.78, 5) is 0.158. The van der Waals surface area contributed by atoms with Crippen LogP contribution in [-0.2, 0) is 10.0 Å². The molecular formula is C18H23NO5S. The first kappa shape index (κ1) is 19.2. The Balaban J connectivity index is 2.20. The van der Waals surface area contributed by atoms with Gasteiger partial charge in [0.2, 0.25) is 10.0 Å². The summed E-state index contributed by atoms with van der Waals surface area (Å²) in [6, 6.07) is 11.6. The van der Waals surface area contributed by atoms with Crippen LogP contribution < -0.4 is 9.47 Å². The average molecular weight is 365 g/mol. The minimum Gasteiger partial charge on any atom is -0.497 e. The monoisotopic (exact) mass is 365 g/mol. The normalized spacial score (nSPS) is 12.9. The SMILES string of the molecule is COc1cccc(C(O)CN(C)S(=O)(=O)c2ccc(OC)c(C)c2)c1. The van der Waals surface area contributed by atoms with Gasteiger partial charge in [0.25, 0.3) is 0 Å². The third-order valence-corrected chi connectivity index (χ3v) is 5.80. The molecule has 0 saturated heterocycles. The van der Waals surface area contributed by atoms with Crippen LogP contribution in [0.25, 0.3) is 0 Å². The lowest BCUT2D eigenvalue weighted by Gasteiger charge is -2.21. The zero-order chi connectivity index (χ0) is 18.6. The molecule has 0 heterocycles. The van der Waals surface area contributed by atoms with Gasteiger partial charge < -0.3 is 14.6 Å². The quantitative estimate of drug-likeness (QED) is 0.815. The molecule has 25 heavy (non-hydrogen) atoms. The summed E-state index contributed by atoms with van der Waals surface area (Å²) in [7, 11) is 0.795. The molecule has 2 aromatic carbocycles. The summed E-state index contributed by atoms with van der Waals surface area (Å²) >= 11 is 0.